The van der Waals surface area contributed by atoms with Crippen LogP contribution in [0, 0.1) is 13.8 Å². The van der Waals surface area contributed by atoms with Crippen molar-refractivity contribution < 1.29 is 14.3 Å². The van der Waals surface area contributed by atoms with Crippen LogP contribution in [0.4, 0.5) is 11.4 Å². The molecule has 0 heterocycles. The standard InChI is InChI=1S/C29H34N2O3/c1-18(2)30-29(32)19(3)17-25-20(4)28(34-7)26(21(5)27(25)33-6)22-13-15-24(16-14-22)31-23-11-9-8-10-12-23/h8-18,31H,1-7H3,(H,30,32). The van der Waals surface area contributed by atoms with Gasteiger partial charge in [0.1, 0.15) is 11.5 Å². The van der Waals surface area contributed by atoms with Gasteiger partial charge in [-0.1, -0.05) is 30.3 Å². The minimum absolute atomic E-state index is 0.0665. The summed E-state index contributed by atoms with van der Waals surface area (Å²) in [7, 11) is 3.33. The molecule has 0 unspecified atom stereocenters. The lowest BCUT2D eigenvalue weighted by molar-refractivity contribution is -0.117. The zero-order chi connectivity index (χ0) is 24.8. The molecule has 34 heavy (non-hydrogen) atoms. The fourth-order valence-electron chi connectivity index (χ4n) is 4.07. The van der Waals surface area contributed by atoms with Crippen molar-refractivity contribution in [3.8, 4) is 22.6 Å². The van der Waals surface area contributed by atoms with E-state index >= 15 is 0 Å². The highest BCUT2D eigenvalue weighted by molar-refractivity contribution is 5.98. The van der Waals surface area contributed by atoms with Gasteiger partial charge in [-0.2, -0.15) is 0 Å². The Morgan fingerprint density at radius 2 is 1.44 bits per heavy atom. The van der Waals surface area contributed by atoms with E-state index in [0.717, 1.165) is 50.7 Å². The number of hydrogen-bond donors (Lipinski definition) is 2. The van der Waals surface area contributed by atoms with Gasteiger partial charge < -0.3 is 20.1 Å². The highest BCUT2D eigenvalue weighted by atomic mass is 16.5. The summed E-state index contributed by atoms with van der Waals surface area (Å²) in [6, 6.07) is 18.4. The van der Waals surface area contributed by atoms with Crippen molar-refractivity contribution in [1.82, 2.24) is 5.32 Å². The number of anilines is 2. The van der Waals surface area contributed by atoms with Crippen LogP contribution >= 0.6 is 0 Å². The average Bonchev–Trinajstić information content (AvgIpc) is 2.82. The number of hydrogen-bond acceptors (Lipinski definition) is 4. The predicted molar refractivity (Wildman–Crippen MR) is 141 cm³/mol. The zero-order valence-corrected chi connectivity index (χ0v) is 21.1. The first kappa shape index (κ1) is 24.9. The van der Waals surface area contributed by atoms with E-state index in [9.17, 15) is 4.79 Å². The first-order chi connectivity index (χ1) is 16.3. The fraction of sp³-hybridized carbons (Fsp3) is 0.276. The largest absolute Gasteiger partial charge is 0.496 e. The second-order valence-electron chi connectivity index (χ2n) is 8.63. The van der Waals surface area contributed by atoms with Crippen molar-refractivity contribution in [1.29, 1.82) is 0 Å². The van der Waals surface area contributed by atoms with Crippen LogP contribution in [-0.2, 0) is 4.79 Å². The van der Waals surface area contributed by atoms with E-state index in [-0.39, 0.29) is 11.9 Å². The van der Waals surface area contributed by atoms with Crippen molar-refractivity contribution in [2.45, 2.75) is 40.7 Å². The van der Waals surface area contributed by atoms with Crippen molar-refractivity contribution >= 4 is 23.4 Å². The molecule has 5 heteroatoms. The molecule has 0 aliphatic rings. The van der Waals surface area contributed by atoms with Gasteiger partial charge in [0.05, 0.1) is 14.2 Å². The van der Waals surface area contributed by atoms with Gasteiger partial charge >= 0.3 is 0 Å². The topological polar surface area (TPSA) is 59.6 Å². The molecule has 2 N–H and O–H groups in total. The van der Waals surface area contributed by atoms with Crippen LogP contribution in [0.2, 0.25) is 0 Å². The number of carbonyl (C=O) groups is 1. The molecule has 0 aliphatic carbocycles. The number of methoxy groups -OCH3 is 2. The molecule has 178 valence electrons. The number of nitrogens with one attached hydrogen (secondary N) is 2. The van der Waals surface area contributed by atoms with E-state index < -0.39 is 0 Å². The van der Waals surface area contributed by atoms with E-state index in [4.69, 9.17) is 9.47 Å². The summed E-state index contributed by atoms with van der Waals surface area (Å²) in [6.07, 6.45) is 1.87. The number of para-hydroxylation sites is 1. The third-order valence-corrected chi connectivity index (χ3v) is 5.71. The first-order valence-corrected chi connectivity index (χ1v) is 11.4. The minimum Gasteiger partial charge on any atom is -0.496 e. The summed E-state index contributed by atoms with van der Waals surface area (Å²) in [4.78, 5) is 12.5. The Balaban J connectivity index is 2.05. The first-order valence-electron chi connectivity index (χ1n) is 11.4. The molecule has 3 aromatic carbocycles. The molecule has 0 saturated heterocycles. The third-order valence-electron chi connectivity index (χ3n) is 5.71. The molecule has 0 spiro atoms. The van der Waals surface area contributed by atoms with Crippen LogP contribution in [0.5, 0.6) is 11.5 Å². The number of rotatable bonds is 8. The maximum atomic E-state index is 12.5. The normalized spacial score (nSPS) is 11.4. The van der Waals surface area contributed by atoms with E-state index in [1.807, 2.05) is 71.0 Å². The molecule has 0 bridgehead atoms. The van der Waals surface area contributed by atoms with E-state index in [1.54, 1.807) is 14.2 Å². The van der Waals surface area contributed by atoms with Crippen LogP contribution < -0.4 is 20.1 Å². The summed E-state index contributed by atoms with van der Waals surface area (Å²) >= 11 is 0. The monoisotopic (exact) mass is 458 g/mol. The van der Waals surface area contributed by atoms with Gasteiger partial charge in [0, 0.05) is 45.2 Å². The van der Waals surface area contributed by atoms with Crippen molar-refractivity contribution in [2.24, 2.45) is 0 Å². The van der Waals surface area contributed by atoms with Gasteiger partial charge in [0.15, 0.2) is 0 Å². The van der Waals surface area contributed by atoms with Crippen molar-refractivity contribution in [3.63, 3.8) is 0 Å². The minimum atomic E-state index is -0.0985. The second kappa shape index (κ2) is 10.9. The van der Waals surface area contributed by atoms with Crippen molar-refractivity contribution in [2.75, 3.05) is 19.5 Å². The SMILES string of the molecule is COc1c(C)c(-c2ccc(Nc3ccccc3)cc2)c(OC)c(C)c1C=C(C)C(=O)NC(C)C. The number of amides is 1. The van der Waals surface area contributed by atoms with Gasteiger partial charge in [-0.05, 0) is 70.5 Å². The highest BCUT2D eigenvalue weighted by Gasteiger charge is 2.22. The molecule has 5 nitrogen and oxygen atoms in total. The molecule has 3 rings (SSSR count). The summed E-state index contributed by atoms with van der Waals surface area (Å²) in [6.45, 7) is 9.71. The lowest BCUT2D eigenvalue weighted by Crippen LogP contribution is -2.30. The lowest BCUT2D eigenvalue weighted by atomic mass is 9.91. The van der Waals surface area contributed by atoms with Gasteiger partial charge in [0.25, 0.3) is 0 Å². The van der Waals surface area contributed by atoms with Gasteiger partial charge in [-0.3, -0.25) is 4.79 Å². The van der Waals surface area contributed by atoms with E-state index in [1.165, 1.54) is 0 Å². The lowest BCUT2D eigenvalue weighted by Gasteiger charge is -2.21. The molecule has 3 aromatic rings. The quantitative estimate of drug-likeness (QED) is 0.371. The molecule has 0 aromatic heterocycles. The van der Waals surface area contributed by atoms with Gasteiger partial charge in [-0.15, -0.1) is 0 Å². The Labute approximate surface area is 202 Å². The Bertz CT molecular complexity index is 1180. The Hall–Kier alpha value is -3.73. The van der Waals surface area contributed by atoms with Crippen LogP contribution in [0.25, 0.3) is 17.2 Å². The van der Waals surface area contributed by atoms with Crippen LogP contribution in [-0.4, -0.2) is 26.2 Å². The van der Waals surface area contributed by atoms with Crippen LogP contribution in [0.1, 0.15) is 37.5 Å². The second-order valence-corrected chi connectivity index (χ2v) is 8.63. The Kier molecular flexibility index (Phi) is 8.00. The number of ether oxygens (including phenoxy) is 2. The zero-order valence-electron chi connectivity index (χ0n) is 21.1. The number of benzene rings is 3. The summed E-state index contributed by atoms with van der Waals surface area (Å²) in [5.41, 5.74) is 7.38. The Morgan fingerprint density at radius 1 is 0.853 bits per heavy atom. The smallest absolute Gasteiger partial charge is 0.247 e. The van der Waals surface area contributed by atoms with E-state index in [2.05, 4.69) is 34.9 Å². The molecule has 0 radical (unpaired) electrons. The molecule has 0 saturated carbocycles. The third kappa shape index (κ3) is 5.42. The van der Waals surface area contributed by atoms with Gasteiger partial charge in [0.2, 0.25) is 5.91 Å². The van der Waals surface area contributed by atoms with E-state index in [0.29, 0.717) is 5.57 Å². The fourth-order valence-corrected chi connectivity index (χ4v) is 4.07. The number of carbonyl (C=O) groups excluding carboxylic acids is 1. The molecule has 1 amide bonds. The maximum absolute atomic E-state index is 12.5. The molecular formula is C29H34N2O3. The summed E-state index contributed by atoms with van der Waals surface area (Å²) < 4.78 is 11.7. The predicted octanol–water partition coefficient (Wildman–Crippen LogP) is 6.66. The van der Waals surface area contributed by atoms with Crippen LogP contribution in [0.3, 0.4) is 0 Å². The Morgan fingerprint density at radius 3 is 2.00 bits per heavy atom. The molecule has 0 fully saturated rings. The summed E-state index contributed by atoms with van der Waals surface area (Å²) in [5, 5.41) is 6.35. The van der Waals surface area contributed by atoms with Crippen LogP contribution in [0.15, 0.2) is 60.2 Å². The molecule has 0 atom stereocenters. The van der Waals surface area contributed by atoms with Gasteiger partial charge in [-0.25, -0.2) is 0 Å². The van der Waals surface area contributed by atoms with Crippen molar-refractivity contribution in [3.05, 3.63) is 76.9 Å². The average molecular weight is 459 g/mol. The molecule has 0 aliphatic heterocycles. The molecular weight excluding hydrogens is 424 g/mol. The maximum Gasteiger partial charge on any atom is 0.247 e. The highest BCUT2D eigenvalue weighted by Crippen LogP contribution is 2.44. The summed E-state index contributed by atoms with van der Waals surface area (Å²) in [5.74, 6) is 1.40.